The molecule has 6 nitrogen and oxygen atoms in total. The SMILES string of the molecule is CN1CCC(C2CN(CCC(=O)O)C(=O)N2C)CC1. The van der Waals surface area contributed by atoms with E-state index in [-0.39, 0.29) is 18.5 Å². The number of likely N-dealkylation sites (tertiary alicyclic amines) is 1. The van der Waals surface area contributed by atoms with E-state index in [1.54, 1.807) is 9.80 Å². The van der Waals surface area contributed by atoms with Gasteiger partial charge < -0.3 is 19.8 Å². The van der Waals surface area contributed by atoms with Crippen molar-refractivity contribution in [3.05, 3.63) is 0 Å². The molecule has 2 saturated heterocycles. The number of rotatable bonds is 4. The summed E-state index contributed by atoms with van der Waals surface area (Å²) in [6, 6.07) is 0.222. The minimum Gasteiger partial charge on any atom is -0.481 e. The quantitative estimate of drug-likeness (QED) is 0.809. The van der Waals surface area contributed by atoms with Gasteiger partial charge in [-0.3, -0.25) is 4.79 Å². The summed E-state index contributed by atoms with van der Waals surface area (Å²) in [6.07, 6.45) is 2.26. The maximum absolute atomic E-state index is 12.1. The summed E-state index contributed by atoms with van der Waals surface area (Å²) < 4.78 is 0. The molecule has 19 heavy (non-hydrogen) atoms. The number of carbonyl (C=O) groups excluding carboxylic acids is 1. The van der Waals surface area contributed by atoms with E-state index in [4.69, 9.17) is 5.11 Å². The van der Waals surface area contributed by atoms with Crippen LogP contribution in [0.5, 0.6) is 0 Å². The van der Waals surface area contributed by atoms with Gasteiger partial charge in [-0.05, 0) is 38.9 Å². The van der Waals surface area contributed by atoms with Gasteiger partial charge in [0.15, 0.2) is 0 Å². The Balaban J connectivity index is 1.92. The van der Waals surface area contributed by atoms with Gasteiger partial charge in [0.25, 0.3) is 0 Å². The molecule has 0 saturated carbocycles. The lowest BCUT2D eigenvalue weighted by Gasteiger charge is -2.34. The summed E-state index contributed by atoms with van der Waals surface area (Å²) >= 11 is 0. The van der Waals surface area contributed by atoms with Crippen LogP contribution in [0.15, 0.2) is 0 Å². The van der Waals surface area contributed by atoms with Crippen molar-refractivity contribution in [1.29, 1.82) is 0 Å². The third kappa shape index (κ3) is 3.18. The Bertz CT molecular complexity index is 353. The number of carboxylic acids is 1. The molecule has 1 atom stereocenters. The Labute approximate surface area is 114 Å². The number of amides is 2. The number of hydrogen-bond donors (Lipinski definition) is 1. The fourth-order valence-electron chi connectivity index (χ4n) is 3.09. The molecule has 2 aliphatic rings. The zero-order chi connectivity index (χ0) is 14.0. The van der Waals surface area contributed by atoms with E-state index in [0.29, 0.717) is 19.0 Å². The highest BCUT2D eigenvalue weighted by atomic mass is 16.4. The number of carboxylic acid groups (broad SMARTS) is 1. The molecule has 2 amide bonds. The molecule has 0 aromatic rings. The average Bonchev–Trinajstić information content (AvgIpc) is 2.65. The second-order valence-electron chi connectivity index (χ2n) is 5.69. The summed E-state index contributed by atoms with van der Waals surface area (Å²) in [6.45, 7) is 3.16. The van der Waals surface area contributed by atoms with Crippen LogP contribution in [0.4, 0.5) is 4.79 Å². The van der Waals surface area contributed by atoms with Gasteiger partial charge in [0.1, 0.15) is 0 Å². The average molecular weight is 269 g/mol. The van der Waals surface area contributed by atoms with E-state index in [0.717, 1.165) is 25.9 Å². The van der Waals surface area contributed by atoms with Crippen LogP contribution in [0.3, 0.4) is 0 Å². The maximum Gasteiger partial charge on any atom is 0.320 e. The van der Waals surface area contributed by atoms with Crippen molar-refractivity contribution in [2.45, 2.75) is 25.3 Å². The predicted octanol–water partition coefficient (Wildman–Crippen LogP) is 0.539. The molecular weight excluding hydrogens is 246 g/mol. The van der Waals surface area contributed by atoms with Crippen molar-refractivity contribution < 1.29 is 14.7 Å². The van der Waals surface area contributed by atoms with Crippen LogP contribution in [-0.2, 0) is 4.79 Å². The number of aliphatic carboxylic acids is 1. The molecule has 2 fully saturated rings. The lowest BCUT2D eigenvalue weighted by atomic mass is 9.89. The number of nitrogens with zero attached hydrogens (tertiary/aromatic N) is 3. The van der Waals surface area contributed by atoms with Crippen LogP contribution < -0.4 is 0 Å². The van der Waals surface area contributed by atoms with Gasteiger partial charge >= 0.3 is 12.0 Å². The lowest BCUT2D eigenvalue weighted by molar-refractivity contribution is -0.137. The van der Waals surface area contributed by atoms with Gasteiger partial charge in [0, 0.05) is 20.1 Å². The predicted molar refractivity (Wildman–Crippen MR) is 71.0 cm³/mol. The zero-order valence-electron chi connectivity index (χ0n) is 11.7. The molecule has 2 aliphatic heterocycles. The molecule has 1 N–H and O–H groups in total. The van der Waals surface area contributed by atoms with Gasteiger partial charge in [-0.1, -0.05) is 0 Å². The maximum atomic E-state index is 12.1. The highest BCUT2D eigenvalue weighted by Crippen LogP contribution is 2.28. The summed E-state index contributed by atoms with van der Waals surface area (Å²) in [5.74, 6) is -0.307. The normalized spacial score (nSPS) is 26.2. The largest absolute Gasteiger partial charge is 0.481 e. The van der Waals surface area contributed by atoms with Crippen molar-refractivity contribution in [2.24, 2.45) is 5.92 Å². The van der Waals surface area contributed by atoms with Gasteiger partial charge in [0.05, 0.1) is 12.5 Å². The molecule has 1 unspecified atom stereocenters. The molecule has 0 bridgehead atoms. The van der Waals surface area contributed by atoms with Crippen LogP contribution in [0, 0.1) is 5.92 Å². The zero-order valence-corrected chi connectivity index (χ0v) is 11.7. The summed E-state index contributed by atoms with van der Waals surface area (Å²) in [7, 11) is 3.96. The Morgan fingerprint density at radius 3 is 2.53 bits per heavy atom. The second kappa shape index (κ2) is 5.77. The van der Waals surface area contributed by atoms with Crippen LogP contribution in [0.2, 0.25) is 0 Å². The first kappa shape index (κ1) is 14.1. The van der Waals surface area contributed by atoms with E-state index in [1.807, 2.05) is 7.05 Å². The number of carbonyl (C=O) groups is 2. The standard InChI is InChI=1S/C13H23N3O3/c1-14-6-3-10(4-7-14)11-9-16(8-5-12(17)18)13(19)15(11)2/h10-11H,3-9H2,1-2H3,(H,17,18). The molecule has 108 valence electrons. The van der Waals surface area contributed by atoms with Crippen molar-refractivity contribution in [1.82, 2.24) is 14.7 Å². The molecule has 0 spiro atoms. The summed E-state index contributed by atoms with van der Waals surface area (Å²) in [5.41, 5.74) is 0. The van der Waals surface area contributed by atoms with Crippen molar-refractivity contribution >= 4 is 12.0 Å². The van der Waals surface area contributed by atoms with E-state index in [9.17, 15) is 9.59 Å². The highest BCUT2D eigenvalue weighted by molar-refractivity contribution is 5.77. The monoisotopic (exact) mass is 269 g/mol. The topological polar surface area (TPSA) is 64.1 Å². The second-order valence-corrected chi connectivity index (χ2v) is 5.69. The summed E-state index contributed by atoms with van der Waals surface area (Å²) in [5, 5.41) is 8.71. The third-order valence-electron chi connectivity index (χ3n) is 4.38. The van der Waals surface area contributed by atoms with Crippen LogP contribution in [0.25, 0.3) is 0 Å². The van der Waals surface area contributed by atoms with Crippen molar-refractivity contribution in [3.63, 3.8) is 0 Å². The van der Waals surface area contributed by atoms with Gasteiger partial charge in [-0.25, -0.2) is 4.79 Å². The van der Waals surface area contributed by atoms with Crippen molar-refractivity contribution in [2.75, 3.05) is 40.3 Å². The fraction of sp³-hybridized carbons (Fsp3) is 0.846. The third-order valence-corrected chi connectivity index (χ3v) is 4.38. The van der Waals surface area contributed by atoms with E-state index in [2.05, 4.69) is 11.9 Å². The molecule has 0 aliphatic carbocycles. The number of urea groups is 1. The Morgan fingerprint density at radius 2 is 1.95 bits per heavy atom. The molecule has 0 aromatic heterocycles. The smallest absolute Gasteiger partial charge is 0.320 e. The van der Waals surface area contributed by atoms with Crippen LogP contribution in [0.1, 0.15) is 19.3 Å². The van der Waals surface area contributed by atoms with Gasteiger partial charge in [0.2, 0.25) is 0 Å². The van der Waals surface area contributed by atoms with Crippen LogP contribution in [-0.4, -0.2) is 78.1 Å². The summed E-state index contributed by atoms with van der Waals surface area (Å²) in [4.78, 5) is 28.5. The Morgan fingerprint density at radius 1 is 1.32 bits per heavy atom. The lowest BCUT2D eigenvalue weighted by Crippen LogP contribution is -2.42. The van der Waals surface area contributed by atoms with E-state index in [1.165, 1.54) is 0 Å². The molecule has 2 heterocycles. The Hall–Kier alpha value is -1.30. The van der Waals surface area contributed by atoms with E-state index < -0.39 is 5.97 Å². The van der Waals surface area contributed by atoms with Crippen molar-refractivity contribution in [3.8, 4) is 0 Å². The number of likely N-dealkylation sites (N-methyl/N-ethyl adjacent to an activating group) is 1. The fourth-order valence-corrected chi connectivity index (χ4v) is 3.09. The molecular formula is C13H23N3O3. The number of hydrogen-bond acceptors (Lipinski definition) is 3. The minimum atomic E-state index is -0.849. The molecule has 6 heteroatoms. The first-order chi connectivity index (χ1) is 8.99. The van der Waals surface area contributed by atoms with Crippen LogP contribution >= 0.6 is 0 Å². The highest BCUT2D eigenvalue weighted by Gasteiger charge is 2.39. The minimum absolute atomic E-state index is 0.0230. The molecule has 2 rings (SSSR count). The first-order valence-corrected chi connectivity index (χ1v) is 6.91. The molecule has 0 radical (unpaired) electrons. The Kier molecular flexibility index (Phi) is 4.29. The van der Waals surface area contributed by atoms with E-state index >= 15 is 0 Å². The van der Waals surface area contributed by atoms with Gasteiger partial charge in [-0.2, -0.15) is 0 Å². The van der Waals surface area contributed by atoms with Gasteiger partial charge in [-0.15, -0.1) is 0 Å². The molecule has 0 aromatic carbocycles. The first-order valence-electron chi connectivity index (χ1n) is 6.91. The number of piperidine rings is 1.